The number of hydrogen-bond donors (Lipinski definition) is 3. The van der Waals surface area contributed by atoms with Crippen LogP contribution in [0.3, 0.4) is 0 Å². The van der Waals surface area contributed by atoms with Crippen LogP contribution in [0.5, 0.6) is 5.75 Å². The van der Waals surface area contributed by atoms with Crippen molar-refractivity contribution >= 4 is 38.7 Å². The molecule has 34 heavy (non-hydrogen) atoms. The summed E-state index contributed by atoms with van der Waals surface area (Å²) in [5, 5.41) is 5.49. The second kappa shape index (κ2) is 8.15. The molecular weight excluding hydrogens is 477 g/mol. The number of benzene rings is 3. The Bertz CT molecular complexity index is 1450. The lowest BCUT2D eigenvalue weighted by Gasteiger charge is -2.23. The van der Waals surface area contributed by atoms with Gasteiger partial charge in [-0.15, -0.1) is 13.2 Å². The Balaban J connectivity index is 1.87. The molecule has 1 aliphatic rings. The topological polar surface area (TPSA) is 122 Å². The van der Waals surface area contributed by atoms with E-state index in [4.69, 9.17) is 0 Å². The largest absolute Gasteiger partial charge is 0.573 e. The van der Waals surface area contributed by atoms with Gasteiger partial charge in [-0.1, -0.05) is 24.3 Å². The molecule has 0 aliphatic heterocycles. The van der Waals surface area contributed by atoms with E-state index in [2.05, 4.69) is 15.4 Å². The summed E-state index contributed by atoms with van der Waals surface area (Å²) in [5.41, 5.74) is 0.333. The van der Waals surface area contributed by atoms with Crippen LogP contribution in [0.2, 0.25) is 0 Å². The van der Waals surface area contributed by atoms with Gasteiger partial charge in [0.1, 0.15) is 10.6 Å². The fraction of sp³-hybridized carbons (Fsp3) is 0.0909. The smallest absolute Gasteiger partial charge is 0.406 e. The van der Waals surface area contributed by atoms with Gasteiger partial charge in [0.05, 0.1) is 22.5 Å². The van der Waals surface area contributed by atoms with E-state index in [-0.39, 0.29) is 33.6 Å². The molecule has 0 bridgehead atoms. The molecule has 0 saturated carbocycles. The van der Waals surface area contributed by atoms with Gasteiger partial charge in [-0.05, 0) is 24.3 Å². The van der Waals surface area contributed by atoms with Crippen LogP contribution in [0, 0.1) is 0 Å². The molecule has 0 amide bonds. The molecule has 176 valence electrons. The fourth-order valence-corrected chi connectivity index (χ4v) is 4.36. The third-order valence-electron chi connectivity index (χ3n) is 5.08. The predicted octanol–water partition coefficient (Wildman–Crippen LogP) is 4.39. The summed E-state index contributed by atoms with van der Waals surface area (Å²) in [6, 6.07) is 11.3. The Morgan fingerprint density at radius 2 is 1.38 bits per heavy atom. The number of halogens is 3. The number of nitrogens with one attached hydrogen (secondary N) is 2. The zero-order valence-electron chi connectivity index (χ0n) is 17.2. The van der Waals surface area contributed by atoms with Gasteiger partial charge in [-0.2, -0.15) is 8.42 Å². The van der Waals surface area contributed by atoms with Gasteiger partial charge in [0.25, 0.3) is 10.1 Å². The van der Waals surface area contributed by atoms with Crippen molar-refractivity contribution in [1.82, 2.24) is 0 Å². The van der Waals surface area contributed by atoms with Crippen LogP contribution in [0.4, 0.5) is 30.2 Å². The van der Waals surface area contributed by atoms with E-state index in [1.807, 2.05) is 0 Å². The maximum absolute atomic E-state index is 13.3. The molecule has 0 heterocycles. The SMILES string of the molecule is CNc1ccc(Nc2ccc(OC(F)(F)F)cc2S(=O)(=O)O)c2c1C(=O)c1ccccc1C2=O. The maximum Gasteiger partial charge on any atom is 0.573 e. The maximum atomic E-state index is 13.3. The highest BCUT2D eigenvalue weighted by Crippen LogP contribution is 2.39. The Hall–Kier alpha value is -3.90. The van der Waals surface area contributed by atoms with Crippen LogP contribution in [-0.4, -0.2) is 37.9 Å². The Labute approximate surface area is 191 Å². The monoisotopic (exact) mass is 492 g/mol. The number of hydrogen-bond acceptors (Lipinski definition) is 7. The molecule has 0 saturated heterocycles. The van der Waals surface area contributed by atoms with Gasteiger partial charge in [0, 0.05) is 29.9 Å². The zero-order valence-corrected chi connectivity index (χ0v) is 18.0. The van der Waals surface area contributed by atoms with Gasteiger partial charge in [0.2, 0.25) is 0 Å². The summed E-state index contributed by atoms with van der Waals surface area (Å²) >= 11 is 0. The molecule has 0 atom stereocenters. The molecule has 3 aromatic rings. The quantitative estimate of drug-likeness (QED) is 0.351. The highest BCUT2D eigenvalue weighted by molar-refractivity contribution is 7.86. The van der Waals surface area contributed by atoms with Crippen molar-refractivity contribution in [2.75, 3.05) is 17.7 Å². The van der Waals surface area contributed by atoms with Crippen LogP contribution in [0.15, 0.2) is 59.5 Å². The molecule has 3 aromatic carbocycles. The predicted molar refractivity (Wildman–Crippen MR) is 116 cm³/mol. The lowest BCUT2D eigenvalue weighted by atomic mass is 9.82. The lowest BCUT2D eigenvalue weighted by Crippen LogP contribution is -2.23. The Morgan fingerprint density at radius 3 is 1.91 bits per heavy atom. The minimum atomic E-state index is -5.09. The highest BCUT2D eigenvalue weighted by atomic mass is 32.2. The fourth-order valence-electron chi connectivity index (χ4n) is 3.70. The summed E-state index contributed by atoms with van der Waals surface area (Å²) in [4.78, 5) is 25.5. The van der Waals surface area contributed by atoms with Gasteiger partial charge in [0.15, 0.2) is 11.6 Å². The van der Waals surface area contributed by atoms with E-state index in [1.165, 1.54) is 24.3 Å². The average molecular weight is 492 g/mol. The first-order chi connectivity index (χ1) is 15.9. The molecule has 0 fully saturated rings. The standard InChI is InChI=1S/C22H15F3N2O6S/c1-26-15-8-9-16(19-18(15)20(28)12-4-2-3-5-13(12)21(19)29)27-14-7-6-11(33-22(23,24)25)10-17(14)34(30,31)32/h2-10,26-27H,1H3,(H,30,31,32). The number of fused-ring (bicyclic) bond motifs is 2. The zero-order chi connectivity index (χ0) is 24.8. The van der Waals surface area contributed by atoms with Crippen LogP contribution in [0.1, 0.15) is 31.8 Å². The molecule has 0 radical (unpaired) electrons. The number of carbonyl (C=O) groups is 2. The van der Waals surface area contributed by atoms with E-state index in [0.717, 1.165) is 12.1 Å². The van der Waals surface area contributed by atoms with Gasteiger partial charge in [-0.3, -0.25) is 14.1 Å². The van der Waals surface area contributed by atoms with Crippen molar-refractivity contribution < 1.29 is 40.5 Å². The van der Waals surface area contributed by atoms with Crippen molar-refractivity contribution in [3.05, 3.63) is 76.9 Å². The van der Waals surface area contributed by atoms with E-state index in [1.54, 1.807) is 19.2 Å². The van der Waals surface area contributed by atoms with E-state index in [0.29, 0.717) is 11.8 Å². The average Bonchev–Trinajstić information content (AvgIpc) is 2.76. The summed E-state index contributed by atoms with van der Waals surface area (Å²) in [6.07, 6.45) is -5.09. The minimum Gasteiger partial charge on any atom is -0.406 e. The van der Waals surface area contributed by atoms with Gasteiger partial charge < -0.3 is 15.4 Å². The number of ketones is 2. The number of alkyl halides is 3. The molecule has 8 nitrogen and oxygen atoms in total. The van der Waals surface area contributed by atoms with Crippen molar-refractivity contribution in [2.45, 2.75) is 11.3 Å². The van der Waals surface area contributed by atoms with E-state index in [9.17, 15) is 35.7 Å². The summed E-state index contributed by atoms with van der Waals surface area (Å²) in [5.74, 6) is -1.84. The summed E-state index contributed by atoms with van der Waals surface area (Å²) in [6.45, 7) is 0. The second-order valence-electron chi connectivity index (χ2n) is 7.17. The number of rotatable bonds is 5. The third-order valence-corrected chi connectivity index (χ3v) is 5.97. The van der Waals surface area contributed by atoms with Crippen molar-refractivity contribution in [2.24, 2.45) is 0 Å². The first-order valence-electron chi connectivity index (χ1n) is 9.58. The van der Waals surface area contributed by atoms with Crippen LogP contribution in [0.25, 0.3) is 0 Å². The molecule has 0 unspecified atom stereocenters. The molecule has 0 spiro atoms. The summed E-state index contributed by atoms with van der Waals surface area (Å²) < 4.78 is 74.7. The molecule has 1 aliphatic carbocycles. The van der Waals surface area contributed by atoms with Crippen LogP contribution in [-0.2, 0) is 10.1 Å². The van der Waals surface area contributed by atoms with Crippen molar-refractivity contribution in [3.63, 3.8) is 0 Å². The van der Waals surface area contributed by atoms with E-state index >= 15 is 0 Å². The lowest BCUT2D eigenvalue weighted by molar-refractivity contribution is -0.274. The Kier molecular flexibility index (Phi) is 5.58. The molecule has 4 rings (SSSR count). The number of ether oxygens (including phenoxy) is 1. The van der Waals surface area contributed by atoms with E-state index < -0.39 is 38.7 Å². The second-order valence-corrected chi connectivity index (χ2v) is 8.56. The molecule has 12 heteroatoms. The Morgan fingerprint density at radius 1 is 0.853 bits per heavy atom. The third kappa shape index (κ3) is 4.20. The van der Waals surface area contributed by atoms with Gasteiger partial charge >= 0.3 is 6.36 Å². The molecule has 0 aromatic heterocycles. The number of anilines is 3. The normalized spacial score (nSPS) is 13.2. The minimum absolute atomic E-state index is 0.0104. The molecule has 3 N–H and O–H groups in total. The first kappa shape index (κ1) is 23.3. The van der Waals surface area contributed by atoms with Crippen LogP contribution >= 0.6 is 0 Å². The van der Waals surface area contributed by atoms with Crippen LogP contribution < -0.4 is 15.4 Å². The van der Waals surface area contributed by atoms with Crippen molar-refractivity contribution in [3.8, 4) is 5.75 Å². The highest BCUT2D eigenvalue weighted by Gasteiger charge is 2.35. The number of carbonyl (C=O) groups excluding carboxylic acids is 2. The summed E-state index contributed by atoms with van der Waals surface area (Å²) in [7, 11) is -3.46. The first-order valence-corrected chi connectivity index (χ1v) is 11.0. The van der Waals surface area contributed by atoms with Crippen molar-refractivity contribution in [1.29, 1.82) is 0 Å². The van der Waals surface area contributed by atoms with Gasteiger partial charge in [-0.25, -0.2) is 0 Å². The molecular formula is C22H15F3N2O6S.